The molecule has 1 heterocycles. The van der Waals surface area contributed by atoms with Crippen LogP contribution in [0.5, 0.6) is 11.5 Å². The van der Waals surface area contributed by atoms with Gasteiger partial charge in [0.25, 0.3) is 0 Å². The molecule has 1 N–H and O–H groups in total. The highest BCUT2D eigenvalue weighted by molar-refractivity contribution is 5.63. The fourth-order valence-electron chi connectivity index (χ4n) is 1.81. The van der Waals surface area contributed by atoms with Crippen molar-refractivity contribution in [3.05, 3.63) is 53.6 Å². The molecule has 94 valence electrons. The van der Waals surface area contributed by atoms with Crippen LogP contribution in [0.4, 0.5) is 0 Å². The van der Waals surface area contributed by atoms with Crippen molar-refractivity contribution in [1.82, 2.24) is 0 Å². The molecule has 0 saturated heterocycles. The van der Waals surface area contributed by atoms with E-state index in [2.05, 4.69) is 19.9 Å². The molecule has 2 nitrogen and oxygen atoms in total. The first kappa shape index (κ1) is 12.5. The number of rotatable bonds is 2. The van der Waals surface area contributed by atoms with Crippen LogP contribution in [0.1, 0.15) is 26.3 Å². The maximum Gasteiger partial charge on any atom is 0.143 e. The quantitative estimate of drug-likeness (QED) is 0.792. The number of benzene rings is 1. The van der Waals surface area contributed by atoms with Crippen molar-refractivity contribution in [2.45, 2.75) is 26.4 Å². The zero-order valence-corrected chi connectivity index (χ0v) is 11.0. The van der Waals surface area contributed by atoms with E-state index in [1.165, 1.54) is 5.57 Å². The Kier molecular flexibility index (Phi) is 3.28. The van der Waals surface area contributed by atoms with E-state index >= 15 is 0 Å². The summed E-state index contributed by atoms with van der Waals surface area (Å²) in [5, 5.41) is 9.41. The van der Waals surface area contributed by atoms with Crippen molar-refractivity contribution in [2.24, 2.45) is 0 Å². The van der Waals surface area contributed by atoms with E-state index in [1.54, 1.807) is 18.2 Å². The van der Waals surface area contributed by atoms with Gasteiger partial charge in [-0.3, -0.25) is 0 Å². The highest BCUT2D eigenvalue weighted by atomic mass is 16.5. The van der Waals surface area contributed by atoms with Crippen LogP contribution in [0.3, 0.4) is 0 Å². The molecule has 0 radical (unpaired) electrons. The van der Waals surface area contributed by atoms with Crippen molar-refractivity contribution in [3.8, 4) is 11.5 Å². The SMILES string of the molecule is CC(C)=C/C=C/[C@]1(C)C=Cc2cc(O)ccc2O1. The summed E-state index contributed by atoms with van der Waals surface area (Å²) >= 11 is 0. The van der Waals surface area contributed by atoms with Crippen molar-refractivity contribution >= 4 is 6.08 Å². The Bertz CT molecular complexity index is 534. The predicted molar refractivity (Wildman–Crippen MR) is 74.7 cm³/mol. The summed E-state index contributed by atoms with van der Waals surface area (Å²) in [6.45, 7) is 6.12. The molecular formula is C16H18O2. The molecule has 1 aromatic carbocycles. The number of aromatic hydroxyl groups is 1. The molecule has 1 aliphatic heterocycles. The van der Waals surface area contributed by atoms with E-state index in [1.807, 2.05) is 31.2 Å². The third kappa shape index (κ3) is 2.83. The smallest absolute Gasteiger partial charge is 0.143 e. The monoisotopic (exact) mass is 242 g/mol. The molecule has 2 heteroatoms. The Labute approximate surface area is 108 Å². The minimum Gasteiger partial charge on any atom is -0.508 e. The van der Waals surface area contributed by atoms with Crippen molar-refractivity contribution in [3.63, 3.8) is 0 Å². The molecule has 0 fully saturated rings. The highest BCUT2D eigenvalue weighted by Gasteiger charge is 2.24. The maximum absolute atomic E-state index is 9.41. The van der Waals surface area contributed by atoms with Gasteiger partial charge < -0.3 is 9.84 Å². The molecule has 0 aromatic heterocycles. The fraction of sp³-hybridized carbons (Fsp3) is 0.250. The van der Waals surface area contributed by atoms with Gasteiger partial charge in [-0.1, -0.05) is 23.8 Å². The van der Waals surface area contributed by atoms with E-state index in [9.17, 15) is 5.11 Å². The molecule has 0 aliphatic carbocycles. The molecule has 0 saturated carbocycles. The average molecular weight is 242 g/mol. The Morgan fingerprint density at radius 3 is 2.83 bits per heavy atom. The normalized spacial score (nSPS) is 21.5. The number of hydrogen-bond acceptors (Lipinski definition) is 2. The van der Waals surface area contributed by atoms with Gasteiger partial charge in [0.15, 0.2) is 0 Å². The van der Waals surface area contributed by atoms with E-state index in [-0.39, 0.29) is 5.75 Å². The third-order valence-electron chi connectivity index (χ3n) is 2.77. The summed E-state index contributed by atoms with van der Waals surface area (Å²) < 4.78 is 5.94. The van der Waals surface area contributed by atoms with Crippen molar-refractivity contribution in [1.29, 1.82) is 0 Å². The molecule has 18 heavy (non-hydrogen) atoms. The molecule has 1 aromatic rings. The van der Waals surface area contributed by atoms with Crippen molar-refractivity contribution < 1.29 is 9.84 Å². The van der Waals surface area contributed by atoms with Crippen LogP contribution in [-0.2, 0) is 0 Å². The molecule has 1 atom stereocenters. The summed E-state index contributed by atoms with van der Waals surface area (Å²) in [6, 6.07) is 5.13. The first-order chi connectivity index (χ1) is 8.48. The van der Waals surface area contributed by atoms with Gasteiger partial charge in [-0.05, 0) is 51.1 Å². The van der Waals surface area contributed by atoms with Gasteiger partial charge in [0.2, 0.25) is 0 Å². The molecule has 0 bridgehead atoms. The second-order valence-corrected chi connectivity index (χ2v) is 4.94. The van der Waals surface area contributed by atoms with E-state index in [4.69, 9.17) is 4.74 Å². The third-order valence-corrected chi connectivity index (χ3v) is 2.77. The highest BCUT2D eigenvalue weighted by Crippen LogP contribution is 2.33. The van der Waals surface area contributed by atoms with Crippen LogP contribution in [0.15, 0.2) is 48.1 Å². The largest absolute Gasteiger partial charge is 0.508 e. The Morgan fingerprint density at radius 1 is 1.33 bits per heavy atom. The molecule has 0 amide bonds. The number of allylic oxidation sites excluding steroid dienone is 3. The number of ether oxygens (including phenoxy) is 1. The number of fused-ring (bicyclic) bond motifs is 1. The van der Waals surface area contributed by atoms with Gasteiger partial charge in [-0.2, -0.15) is 0 Å². The van der Waals surface area contributed by atoms with Gasteiger partial charge in [-0.25, -0.2) is 0 Å². The lowest BCUT2D eigenvalue weighted by Gasteiger charge is -2.28. The van der Waals surface area contributed by atoms with Crippen LogP contribution in [0.2, 0.25) is 0 Å². The second kappa shape index (κ2) is 4.73. The van der Waals surface area contributed by atoms with Crippen LogP contribution in [-0.4, -0.2) is 10.7 Å². The minimum absolute atomic E-state index is 0.255. The predicted octanol–water partition coefficient (Wildman–Crippen LogP) is 4.08. The lowest BCUT2D eigenvalue weighted by Crippen LogP contribution is -2.29. The zero-order valence-electron chi connectivity index (χ0n) is 11.0. The van der Waals surface area contributed by atoms with Crippen LogP contribution in [0, 0.1) is 0 Å². The summed E-state index contributed by atoms with van der Waals surface area (Å²) in [5.74, 6) is 1.05. The van der Waals surface area contributed by atoms with Gasteiger partial charge in [0.05, 0.1) is 0 Å². The van der Waals surface area contributed by atoms with E-state index in [0.717, 1.165) is 11.3 Å². The molecule has 2 rings (SSSR count). The summed E-state index contributed by atoms with van der Waals surface area (Å²) in [6.07, 6.45) is 10.0. The number of phenolic OH excluding ortho intramolecular Hbond substituents is 1. The standard InChI is InChI=1S/C16H18O2/c1-12(2)5-4-9-16(3)10-8-13-11-14(17)6-7-15(13)18-16/h4-11,17H,1-3H3/b9-4+/t16-/m1/s1. The zero-order chi connectivity index (χ0) is 13.2. The summed E-state index contributed by atoms with van der Waals surface area (Å²) in [5.41, 5.74) is 1.72. The lowest BCUT2D eigenvalue weighted by atomic mass is 9.99. The van der Waals surface area contributed by atoms with Crippen LogP contribution < -0.4 is 4.74 Å². The Balaban J connectivity index is 2.24. The van der Waals surface area contributed by atoms with Gasteiger partial charge in [0, 0.05) is 5.56 Å². The first-order valence-corrected chi connectivity index (χ1v) is 6.02. The van der Waals surface area contributed by atoms with Gasteiger partial charge >= 0.3 is 0 Å². The fourth-order valence-corrected chi connectivity index (χ4v) is 1.81. The van der Waals surface area contributed by atoms with Crippen molar-refractivity contribution in [2.75, 3.05) is 0 Å². The Hall–Kier alpha value is -1.96. The average Bonchev–Trinajstić information content (AvgIpc) is 2.29. The molecule has 1 aliphatic rings. The topological polar surface area (TPSA) is 29.5 Å². The summed E-state index contributed by atoms with van der Waals surface area (Å²) in [4.78, 5) is 0. The first-order valence-electron chi connectivity index (χ1n) is 6.02. The minimum atomic E-state index is -0.435. The van der Waals surface area contributed by atoms with E-state index < -0.39 is 5.60 Å². The Morgan fingerprint density at radius 2 is 2.11 bits per heavy atom. The van der Waals surface area contributed by atoms with Crippen LogP contribution in [0.25, 0.3) is 6.08 Å². The lowest BCUT2D eigenvalue weighted by molar-refractivity contribution is 0.189. The number of hydrogen-bond donors (Lipinski definition) is 1. The number of phenols is 1. The second-order valence-electron chi connectivity index (χ2n) is 4.94. The van der Waals surface area contributed by atoms with Crippen LogP contribution >= 0.6 is 0 Å². The molecule has 0 spiro atoms. The summed E-state index contributed by atoms with van der Waals surface area (Å²) in [7, 11) is 0. The van der Waals surface area contributed by atoms with Gasteiger partial charge in [-0.15, -0.1) is 0 Å². The van der Waals surface area contributed by atoms with Gasteiger partial charge in [0.1, 0.15) is 17.1 Å². The molecular weight excluding hydrogens is 224 g/mol. The van der Waals surface area contributed by atoms with E-state index in [0.29, 0.717) is 0 Å². The molecule has 0 unspecified atom stereocenters. The maximum atomic E-state index is 9.41.